The Balaban J connectivity index is 0.00000432. The van der Waals surface area contributed by atoms with E-state index >= 15 is 0 Å². The SMILES string of the molecule is Cl.NS(=O)(=O)c1ccc(CCNC(=O)c2ccc(OCC(O)CNCc3ccccc3)cc2)cc1. The number of sulfonamides is 1. The van der Waals surface area contributed by atoms with E-state index in [1.165, 1.54) is 12.1 Å². The van der Waals surface area contributed by atoms with E-state index in [-0.39, 0.29) is 29.8 Å². The molecule has 1 atom stereocenters. The Morgan fingerprint density at radius 1 is 0.943 bits per heavy atom. The van der Waals surface area contributed by atoms with Crippen LogP contribution >= 0.6 is 12.4 Å². The average molecular weight is 520 g/mol. The maximum Gasteiger partial charge on any atom is 0.251 e. The second kappa shape index (κ2) is 13.8. The van der Waals surface area contributed by atoms with Crippen molar-refractivity contribution in [1.82, 2.24) is 10.6 Å². The predicted octanol–water partition coefficient (Wildman–Crippen LogP) is 2.26. The Kier molecular flexibility index (Phi) is 11.2. The molecule has 0 aliphatic carbocycles. The Hall–Kier alpha value is -2.95. The van der Waals surface area contributed by atoms with Gasteiger partial charge in [-0.25, -0.2) is 13.6 Å². The van der Waals surface area contributed by atoms with Crippen LogP contribution in [0.15, 0.2) is 83.8 Å². The van der Waals surface area contributed by atoms with E-state index in [4.69, 9.17) is 9.88 Å². The van der Waals surface area contributed by atoms with Gasteiger partial charge in [-0.15, -0.1) is 12.4 Å². The van der Waals surface area contributed by atoms with Gasteiger partial charge in [-0.3, -0.25) is 4.79 Å². The molecule has 3 aromatic carbocycles. The second-order valence-electron chi connectivity index (χ2n) is 7.80. The number of nitrogens with two attached hydrogens (primary N) is 1. The quantitative estimate of drug-likeness (QED) is 0.290. The molecule has 0 heterocycles. The van der Waals surface area contributed by atoms with Crippen molar-refractivity contribution < 1.29 is 23.1 Å². The number of carbonyl (C=O) groups is 1. The second-order valence-corrected chi connectivity index (χ2v) is 9.36. The third kappa shape index (κ3) is 9.67. The molecule has 10 heteroatoms. The lowest BCUT2D eigenvalue weighted by molar-refractivity contribution is 0.0953. The van der Waals surface area contributed by atoms with Crippen LogP contribution in [0.25, 0.3) is 0 Å². The topological polar surface area (TPSA) is 131 Å². The van der Waals surface area contributed by atoms with Crippen LogP contribution in [0.3, 0.4) is 0 Å². The fourth-order valence-electron chi connectivity index (χ4n) is 3.20. The first-order chi connectivity index (χ1) is 16.3. The highest BCUT2D eigenvalue weighted by atomic mass is 35.5. The van der Waals surface area contributed by atoms with Crippen molar-refractivity contribution in [1.29, 1.82) is 0 Å². The van der Waals surface area contributed by atoms with Gasteiger partial charge in [0.15, 0.2) is 0 Å². The molecule has 35 heavy (non-hydrogen) atoms. The molecule has 3 rings (SSSR count). The minimum atomic E-state index is -3.71. The minimum absolute atomic E-state index is 0. The van der Waals surface area contributed by atoms with E-state index < -0.39 is 16.1 Å². The third-order valence-electron chi connectivity index (χ3n) is 5.06. The monoisotopic (exact) mass is 519 g/mol. The van der Waals surface area contributed by atoms with Gasteiger partial charge < -0.3 is 20.5 Å². The number of ether oxygens (including phenoxy) is 1. The smallest absolute Gasteiger partial charge is 0.251 e. The summed E-state index contributed by atoms with van der Waals surface area (Å²) < 4.78 is 28.2. The molecule has 1 amide bonds. The Morgan fingerprint density at radius 3 is 2.23 bits per heavy atom. The lowest BCUT2D eigenvalue weighted by Crippen LogP contribution is -2.31. The number of carbonyl (C=O) groups excluding carboxylic acids is 1. The molecule has 3 aromatic rings. The molecule has 188 valence electrons. The lowest BCUT2D eigenvalue weighted by Gasteiger charge is -2.13. The van der Waals surface area contributed by atoms with Gasteiger partial charge in [-0.2, -0.15) is 0 Å². The van der Waals surface area contributed by atoms with Crippen molar-refractivity contribution in [2.45, 2.75) is 24.0 Å². The molecule has 0 saturated heterocycles. The summed E-state index contributed by atoms with van der Waals surface area (Å²) in [5.41, 5.74) is 2.51. The summed E-state index contributed by atoms with van der Waals surface area (Å²) in [7, 11) is -3.71. The molecular formula is C25H30ClN3O5S. The summed E-state index contributed by atoms with van der Waals surface area (Å²) in [6, 6.07) is 22.9. The molecule has 0 radical (unpaired) electrons. The van der Waals surface area contributed by atoms with Gasteiger partial charge in [0, 0.05) is 25.2 Å². The molecule has 0 aromatic heterocycles. The van der Waals surface area contributed by atoms with E-state index in [9.17, 15) is 18.3 Å². The van der Waals surface area contributed by atoms with E-state index in [1.54, 1.807) is 36.4 Å². The van der Waals surface area contributed by atoms with Gasteiger partial charge >= 0.3 is 0 Å². The van der Waals surface area contributed by atoms with Crippen LogP contribution in [-0.4, -0.2) is 45.2 Å². The first-order valence-corrected chi connectivity index (χ1v) is 12.4. The van der Waals surface area contributed by atoms with E-state index in [0.717, 1.165) is 11.1 Å². The Morgan fingerprint density at radius 2 is 1.60 bits per heavy atom. The number of primary sulfonamides is 1. The summed E-state index contributed by atoms with van der Waals surface area (Å²) in [5.74, 6) is 0.339. The van der Waals surface area contributed by atoms with Crippen LogP contribution < -0.4 is 20.5 Å². The maximum absolute atomic E-state index is 12.3. The number of nitrogens with one attached hydrogen (secondary N) is 2. The zero-order chi connectivity index (χ0) is 24.4. The maximum atomic E-state index is 12.3. The van der Waals surface area contributed by atoms with Crippen molar-refractivity contribution in [3.63, 3.8) is 0 Å². The van der Waals surface area contributed by atoms with Crippen molar-refractivity contribution in [3.05, 3.63) is 95.6 Å². The first kappa shape index (κ1) is 28.3. The highest BCUT2D eigenvalue weighted by Crippen LogP contribution is 2.13. The van der Waals surface area contributed by atoms with Crippen molar-refractivity contribution >= 4 is 28.3 Å². The van der Waals surface area contributed by atoms with Crippen molar-refractivity contribution in [2.75, 3.05) is 19.7 Å². The molecule has 8 nitrogen and oxygen atoms in total. The molecule has 1 unspecified atom stereocenters. The van der Waals surface area contributed by atoms with E-state index in [1.807, 2.05) is 30.3 Å². The van der Waals surface area contributed by atoms with Gasteiger partial charge in [-0.05, 0) is 53.9 Å². The third-order valence-corrected chi connectivity index (χ3v) is 5.99. The lowest BCUT2D eigenvalue weighted by atomic mass is 10.1. The number of hydrogen-bond donors (Lipinski definition) is 4. The number of hydrogen-bond acceptors (Lipinski definition) is 6. The number of halogens is 1. The standard InChI is InChI=1S/C25H29N3O5S.ClH/c26-34(31,32)24-12-6-19(7-13-24)14-15-28-25(30)21-8-10-23(11-9-21)33-18-22(29)17-27-16-20-4-2-1-3-5-20;/h1-13,22,27,29H,14-18H2,(H,28,30)(H2,26,31,32);1H. The van der Waals surface area contributed by atoms with Gasteiger partial charge in [0.2, 0.25) is 10.0 Å². The van der Waals surface area contributed by atoms with E-state index in [0.29, 0.717) is 37.4 Å². The van der Waals surface area contributed by atoms with E-state index in [2.05, 4.69) is 10.6 Å². The summed E-state index contributed by atoms with van der Waals surface area (Å²) >= 11 is 0. The fourth-order valence-corrected chi connectivity index (χ4v) is 3.72. The van der Waals surface area contributed by atoms with Crippen LogP contribution in [0.5, 0.6) is 5.75 Å². The van der Waals surface area contributed by atoms with Gasteiger partial charge in [-0.1, -0.05) is 42.5 Å². The predicted molar refractivity (Wildman–Crippen MR) is 137 cm³/mol. The first-order valence-electron chi connectivity index (χ1n) is 10.9. The van der Waals surface area contributed by atoms with Crippen LogP contribution in [0.1, 0.15) is 21.5 Å². The van der Waals surface area contributed by atoms with Gasteiger partial charge in [0.1, 0.15) is 18.5 Å². The summed E-state index contributed by atoms with van der Waals surface area (Å²) in [6.45, 7) is 1.61. The van der Waals surface area contributed by atoms with Gasteiger partial charge in [0.05, 0.1) is 4.90 Å². The largest absolute Gasteiger partial charge is 0.491 e. The molecule has 0 spiro atoms. The fraction of sp³-hybridized carbons (Fsp3) is 0.240. The van der Waals surface area contributed by atoms with Crippen LogP contribution in [-0.2, 0) is 23.0 Å². The van der Waals surface area contributed by atoms with Crippen LogP contribution in [0, 0.1) is 0 Å². The molecule has 0 fully saturated rings. The Labute approximate surface area is 212 Å². The zero-order valence-electron chi connectivity index (χ0n) is 19.1. The zero-order valence-corrected chi connectivity index (χ0v) is 20.7. The molecule has 5 N–H and O–H groups in total. The highest BCUT2D eigenvalue weighted by Gasteiger charge is 2.09. The molecule has 0 aliphatic rings. The van der Waals surface area contributed by atoms with Gasteiger partial charge in [0.25, 0.3) is 5.91 Å². The summed E-state index contributed by atoms with van der Waals surface area (Å²) in [6.07, 6.45) is -0.112. The average Bonchev–Trinajstić information content (AvgIpc) is 2.83. The minimum Gasteiger partial charge on any atom is -0.491 e. The number of amides is 1. The molecule has 0 saturated carbocycles. The number of aliphatic hydroxyl groups is 1. The van der Waals surface area contributed by atoms with Crippen LogP contribution in [0.4, 0.5) is 0 Å². The Bertz CT molecular complexity index is 1160. The number of aliphatic hydroxyl groups excluding tert-OH is 1. The summed E-state index contributed by atoms with van der Waals surface area (Å²) in [5, 5.41) is 21.2. The van der Waals surface area contributed by atoms with Crippen molar-refractivity contribution in [3.8, 4) is 5.75 Å². The molecular weight excluding hydrogens is 490 g/mol. The van der Waals surface area contributed by atoms with Crippen LogP contribution in [0.2, 0.25) is 0 Å². The highest BCUT2D eigenvalue weighted by molar-refractivity contribution is 7.89. The molecule has 0 aliphatic heterocycles. The van der Waals surface area contributed by atoms with Crippen molar-refractivity contribution in [2.24, 2.45) is 5.14 Å². The number of benzene rings is 3. The number of rotatable bonds is 12. The molecule has 0 bridgehead atoms. The summed E-state index contributed by atoms with van der Waals surface area (Å²) in [4.78, 5) is 12.4. The normalized spacial score (nSPS) is 11.8.